The summed E-state index contributed by atoms with van der Waals surface area (Å²) in [6.07, 6.45) is -0.0276. The Hall–Kier alpha value is -3.04. The summed E-state index contributed by atoms with van der Waals surface area (Å²) in [4.78, 5) is 11.9. The fraction of sp³-hybridized carbons (Fsp3) is 0.263. The van der Waals surface area contributed by atoms with Crippen LogP contribution in [0.5, 0.6) is 5.75 Å². The molecule has 0 radical (unpaired) electrons. The quantitative estimate of drug-likeness (QED) is 0.723. The Bertz CT molecular complexity index is 738. The second-order valence-electron chi connectivity index (χ2n) is 5.45. The van der Waals surface area contributed by atoms with Crippen LogP contribution in [0.2, 0.25) is 0 Å². The topological polar surface area (TPSA) is 94.4 Å². The molecule has 0 aliphatic rings. The minimum atomic E-state index is -0.845. The van der Waals surface area contributed by atoms with Crippen LogP contribution in [0, 0.1) is 11.3 Å². The van der Waals surface area contributed by atoms with Gasteiger partial charge in [0.2, 0.25) is 0 Å². The van der Waals surface area contributed by atoms with Gasteiger partial charge in [0.15, 0.2) is 0 Å². The lowest BCUT2D eigenvalue weighted by atomic mass is 10.1. The van der Waals surface area contributed by atoms with Crippen molar-refractivity contribution in [1.29, 1.82) is 5.26 Å². The molecule has 1 atom stereocenters. The minimum Gasteiger partial charge on any atom is -0.491 e. The second-order valence-corrected chi connectivity index (χ2v) is 5.45. The fourth-order valence-electron chi connectivity index (χ4n) is 2.20. The highest BCUT2D eigenvalue weighted by Crippen LogP contribution is 2.15. The molecule has 0 saturated carbocycles. The third-order valence-electron chi connectivity index (χ3n) is 3.57. The average Bonchev–Trinajstić information content (AvgIpc) is 2.65. The van der Waals surface area contributed by atoms with Gasteiger partial charge in [0.25, 0.3) is 0 Å². The number of anilines is 1. The van der Waals surface area contributed by atoms with E-state index in [1.54, 1.807) is 24.3 Å². The number of benzene rings is 2. The summed E-state index contributed by atoms with van der Waals surface area (Å²) < 4.78 is 5.42. The molecule has 130 valence electrons. The zero-order valence-corrected chi connectivity index (χ0v) is 14.0. The van der Waals surface area contributed by atoms with Crippen LogP contribution in [0.15, 0.2) is 48.5 Å². The molecule has 0 aromatic heterocycles. The zero-order valence-electron chi connectivity index (χ0n) is 14.0. The Morgan fingerprint density at radius 1 is 1.24 bits per heavy atom. The van der Waals surface area contributed by atoms with Gasteiger partial charge in [-0.15, -0.1) is 0 Å². The standard InChI is InChI=1S/C19H21N3O3/c1-2-15-5-3-4-6-18(15)22-19(24)21-12-16(23)13-25-17-9-7-14(11-20)8-10-17/h3-10,16,23H,2,12-13H2,1H3,(H2,21,22,24). The normalized spacial score (nSPS) is 11.2. The Balaban J connectivity index is 1.74. The summed E-state index contributed by atoms with van der Waals surface area (Å²) in [7, 11) is 0. The van der Waals surface area contributed by atoms with Gasteiger partial charge >= 0.3 is 6.03 Å². The number of carbonyl (C=O) groups is 1. The molecule has 6 nitrogen and oxygen atoms in total. The molecule has 2 aromatic rings. The molecule has 0 heterocycles. The van der Waals surface area contributed by atoms with E-state index >= 15 is 0 Å². The van der Waals surface area contributed by atoms with Crippen LogP contribution in [-0.4, -0.2) is 30.4 Å². The molecule has 6 heteroatoms. The predicted molar refractivity (Wildman–Crippen MR) is 95.5 cm³/mol. The molecule has 3 N–H and O–H groups in total. The van der Waals surface area contributed by atoms with Crippen molar-refractivity contribution in [2.24, 2.45) is 0 Å². The number of rotatable bonds is 7. The van der Waals surface area contributed by atoms with Crippen LogP contribution in [-0.2, 0) is 6.42 Å². The van der Waals surface area contributed by atoms with Gasteiger partial charge in [0.05, 0.1) is 11.6 Å². The number of carbonyl (C=O) groups excluding carboxylic acids is 1. The van der Waals surface area contributed by atoms with E-state index in [1.807, 2.05) is 37.3 Å². The van der Waals surface area contributed by atoms with Crippen molar-refractivity contribution in [3.8, 4) is 11.8 Å². The predicted octanol–water partition coefficient (Wildman–Crippen LogP) is 2.68. The van der Waals surface area contributed by atoms with Crippen molar-refractivity contribution in [1.82, 2.24) is 5.32 Å². The van der Waals surface area contributed by atoms with Crippen molar-refractivity contribution in [3.63, 3.8) is 0 Å². The van der Waals surface area contributed by atoms with Crippen molar-refractivity contribution < 1.29 is 14.6 Å². The number of urea groups is 1. The second kappa shape index (κ2) is 9.30. The highest BCUT2D eigenvalue weighted by Gasteiger charge is 2.09. The lowest BCUT2D eigenvalue weighted by molar-refractivity contribution is 0.108. The van der Waals surface area contributed by atoms with Gasteiger partial charge < -0.3 is 20.5 Å². The summed E-state index contributed by atoms with van der Waals surface area (Å²) in [5.41, 5.74) is 2.34. The van der Waals surface area contributed by atoms with Gasteiger partial charge in [-0.1, -0.05) is 25.1 Å². The largest absolute Gasteiger partial charge is 0.491 e. The Kier molecular flexibility index (Phi) is 6.81. The number of para-hydroxylation sites is 1. The summed E-state index contributed by atoms with van der Waals surface area (Å²) >= 11 is 0. The Morgan fingerprint density at radius 2 is 1.96 bits per heavy atom. The number of aryl methyl sites for hydroxylation is 1. The summed E-state index contributed by atoms with van der Waals surface area (Å²) in [5.74, 6) is 0.555. The number of hydrogen-bond acceptors (Lipinski definition) is 4. The van der Waals surface area contributed by atoms with Crippen molar-refractivity contribution >= 4 is 11.7 Å². The third-order valence-corrected chi connectivity index (χ3v) is 3.57. The minimum absolute atomic E-state index is 0.0394. The van der Waals surface area contributed by atoms with E-state index in [2.05, 4.69) is 10.6 Å². The SMILES string of the molecule is CCc1ccccc1NC(=O)NCC(O)COc1ccc(C#N)cc1. The van der Waals surface area contributed by atoms with E-state index in [0.717, 1.165) is 17.7 Å². The summed E-state index contributed by atoms with van der Waals surface area (Å²) in [5, 5.41) is 24.0. The molecule has 0 aliphatic carbocycles. The first kappa shape index (κ1) is 18.3. The van der Waals surface area contributed by atoms with Gasteiger partial charge in [-0.3, -0.25) is 0 Å². The molecule has 0 aliphatic heterocycles. The van der Waals surface area contributed by atoms with Gasteiger partial charge in [0.1, 0.15) is 18.5 Å². The number of amides is 2. The molecule has 1 unspecified atom stereocenters. The average molecular weight is 339 g/mol. The Labute approximate surface area is 147 Å². The number of aliphatic hydroxyl groups is 1. The molecular weight excluding hydrogens is 318 g/mol. The van der Waals surface area contributed by atoms with Gasteiger partial charge in [-0.2, -0.15) is 5.26 Å². The first-order valence-electron chi connectivity index (χ1n) is 8.06. The van der Waals surface area contributed by atoms with Gasteiger partial charge in [-0.25, -0.2) is 4.79 Å². The summed E-state index contributed by atoms with van der Waals surface area (Å²) in [6, 6.07) is 15.8. The van der Waals surface area contributed by atoms with Crippen molar-refractivity contribution in [2.45, 2.75) is 19.4 Å². The van der Waals surface area contributed by atoms with E-state index < -0.39 is 6.10 Å². The first-order valence-corrected chi connectivity index (χ1v) is 8.06. The van der Waals surface area contributed by atoms with E-state index in [9.17, 15) is 9.90 Å². The van der Waals surface area contributed by atoms with Crippen LogP contribution in [0.25, 0.3) is 0 Å². The molecule has 0 bridgehead atoms. The van der Waals surface area contributed by atoms with Crippen LogP contribution < -0.4 is 15.4 Å². The number of nitrogens with zero attached hydrogens (tertiary/aromatic N) is 1. The van der Waals surface area contributed by atoms with Crippen molar-refractivity contribution in [2.75, 3.05) is 18.5 Å². The molecule has 2 aromatic carbocycles. The zero-order chi connectivity index (χ0) is 18.1. The lowest BCUT2D eigenvalue weighted by Gasteiger charge is -2.15. The molecule has 2 rings (SSSR count). The van der Waals surface area contributed by atoms with Crippen LogP contribution >= 0.6 is 0 Å². The van der Waals surface area contributed by atoms with Crippen LogP contribution in [0.4, 0.5) is 10.5 Å². The first-order chi connectivity index (χ1) is 12.1. The lowest BCUT2D eigenvalue weighted by Crippen LogP contribution is -2.37. The number of aliphatic hydroxyl groups excluding tert-OH is 1. The third kappa shape index (κ3) is 5.83. The Morgan fingerprint density at radius 3 is 2.64 bits per heavy atom. The highest BCUT2D eigenvalue weighted by atomic mass is 16.5. The van der Waals surface area contributed by atoms with E-state index in [-0.39, 0.29) is 19.2 Å². The van der Waals surface area contributed by atoms with Crippen molar-refractivity contribution in [3.05, 3.63) is 59.7 Å². The number of nitrogens with one attached hydrogen (secondary N) is 2. The van der Waals surface area contributed by atoms with E-state index in [4.69, 9.17) is 10.00 Å². The van der Waals surface area contributed by atoms with Crippen LogP contribution in [0.3, 0.4) is 0 Å². The molecule has 0 fully saturated rings. The molecule has 25 heavy (non-hydrogen) atoms. The monoisotopic (exact) mass is 339 g/mol. The maximum absolute atomic E-state index is 11.9. The van der Waals surface area contributed by atoms with Crippen LogP contribution in [0.1, 0.15) is 18.1 Å². The number of hydrogen-bond donors (Lipinski definition) is 3. The van der Waals surface area contributed by atoms with E-state index in [0.29, 0.717) is 11.3 Å². The number of nitriles is 1. The van der Waals surface area contributed by atoms with Gasteiger partial charge in [0, 0.05) is 12.2 Å². The molecule has 0 spiro atoms. The fourth-order valence-corrected chi connectivity index (χ4v) is 2.20. The van der Waals surface area contributed by atoms with Gasteiger partial charge in [-0.05, 0) is 42.3 Å². The van der Waals surface area contributed by atoms with E-state index in [1.165, 1.54) is 0 Å². The maximum Gasteiger partial charge on any atom is 0.319 e. The number of ether oxygens (including phenoxy) is 1. The smallest absolute Gasteiger partial charge is 0.319 e. The summed E-state index contributed by atoms with van der Waals surface area (Å²) in [6.45, 7) is 2.12. The molecule has 0 saturated heterocycles. The molecular formula is C19H21N3O3. The molecule has 2 amide bonds. The highest BCUT2D eigenvalue weighted by molar-refractivity contribution is 5.90. The maximum atomic E-state index is 11.9.